The molecular weight excluding hydrogens is 364 g/mol. The first-order valence-corrected chi connectivity index (χ1v) is 8.16. The summed E-state index contributed by atoms with van der Waals surface area (Å²) < 4.78 is 0. The van der Waals surface area contributed by atoms with Gasteiger partial charge in [-0.05, 0) is 24.3 Å². The molecule has 0 saturated carbocycles. The Morgan fingerprint density at radius 1 is 0.857 bits per heavy atom. The molecule has 1 aliphatic rings. The summed E-state index contributed by atoms with van der Waals surface area (Å²) in [5, 5.41) is 34.1. The first-order chi connectivity index (χ1) is 13.4. The Labute approximate surface area is 157 Å². The molecule has 8 heteroatoms. The van der Waals surface area contributed by atoms with Crippen molar-refractivity contribution in [1.82, 2.24) is 0 Å². The van der Waals surface area contributed by atoms with Gasteiger partial charge in [-0.3, -0.25) is 19.7 Å². The Bertz CT molecular complexity index is 1170. The van der Waals surface area contributed by atoms with E-state index in [2.05, 4.69) is 5.32 Å². The molecule has 8 nitrogen and oxygen atoms in total. The number of hydrogen-bond donors (Lipinski definition) is 3. The van der Waals surface area contributed by atoms with Crippen LogP contribution in [0, 0.1) is 10.1 Å². The summed E-state index contributed by atoms with van der Waals surface area (Å²) in [4.78, 5) is 36.5. The second-order valence-electron chi connectivity index (χ2n) is 6.21. The molecule has 28 heavy (non-hydrogen) atoms. The highest BCUT2D eigenvalue weighted by molar-refractivity contribution is 6.30. The number of phenolic OH excluding ortho intramolecular Hbond substituents is 2. The first kappa shape index (κ1) is 17.2. The van der Waals surface area contributed by atoms with Gasteiger partial charge in [0.25, 0.3) is 5.69 Å². The highest BCUT2D eigenvalue weighted by Gasteiger charge is 2.35. The predicted molar refractivity (Wildman–Crippen MR) is 99.5 cm³/mol. The molecule has 0 saturated heterocycles. The first-order valence-electron chi connectivity index (χ1n) is 8.16. The summed E-state index contributed by atoms with van der Waals surface area (Å²) in [5.41, 5.74) is -0.441. The molecule has 0 bridgehead atoms. The molecule has 0 aromatic heterocycles. The van der Waals surface area contributed by atoms with Crippen molar-refractivity contribution in [3.63, 3.8) is 0 Å². The van der Waals surface area contributed by atoms with Gasteiger partial charge in [-0.25, -0.2) is 0 Å². The Morgan fingerprint density at radius 2 is 1.54 bits per heavy atom. The standard InChI is InChI=1S/C20H12N2O6/c23-11-6-14-18(17(24)7-11)20(26)13-9-16(22(27)28)15(8-12(13)19(14)25)21-10-4-2-1-3-5-10/h1-9,21,23-24H. The van der Waals surface area contributed by atoms with E-state index in [1.54, 1.807) is 30.3 Å². The monoisotopic (exact) mass is 376 g/mol. The number of carbonyl (C=O) groups excluding carboxylic acids is 2. The highest BCUT2D eigenvalue weighted by atomic mass is 16.6. The molecule has 0 unspecified atom stereocenters. The van der Waals surface area contributed by atoms with E-state index in [-0.39, 0.29) is 39.4 Å². The van der Waals surface area contributed by atoms with E-state index >= 15 is 0 Å². The van der Waals surface area contributed by atoms with Crippen molar-refractivity contribution in [2.24, 2.45) is 0 Å². The number of nitro groups is 1. The van der Waals surface area contributed by atoms with Crippen molar-refractivity contribution in [3.05, 3.63) is 87.0 Å². The average Bonchev–Trinajstić information content (AvgIpc) is 2.66. The fourth-order valence-electron chi connectivity index (χ4n) is 3.20. The third kappa shape index (κ3) is 2.64. The topological polar surface area (TPSA) is 130 Å². The second kappa shape index (κ2) is 6.20. The molecule has 0 aliphatic heterocycles. The van der Waals surface area contributed by atoms with Crippen LogP contribution in [0.5, 0.6) is 11.5 Å². The molecule has 0 amide bonds. The van der Waals surface area contributed by atoms with E-state index in [9.17, 15) is 29.9 Å². The van der Waals surface area contributed by atoms with Gasteiger partial charge in [0.1, 0.15) is 17.2 Å². The van der Waals surface area contributed by atoms with E-state index in [1.807, 2.05) is 0 Å². The molecule has 138 valence electrons. The number of aromatic hydroxyl groups is 2. The number of nitro benzene ring substituents is 1. The molecule has 1 aliphatic carbocycles. The molecule has 0 atom stereocenters. The summed E-state index contributed by atoms with van der Waals surface area (Å²) in [7, 11) is 0. The van der Waals surface area contributed by atoms with Crippen LogP contribution in [0.25, 0.3) is 0 Å². The van der Waals surface area contributed by atoms with Crippen LogP contribution in [0.15, 0.2) is 54.6 Å². The number of rotatable bonds is 3. The maximum Gasteiger partial charge on any atom is 0.293 e. The number of fused-ring (bicyclic) bond motifs is 2. The normalized spacial score (nSPS) is 12.3. The predicted octanol–water partition coefficient (Wildman–Crippen LogP) is 3.53. The minimum Gasteiger partial charge on any atom is -0.508 e. The van der Waals surface area contributed by atoms with Gasteiger partial charge in [0.15, 0.2) is 11.6 Å². The van der Waals surface area contributed by atoms with E-state index in [4.69, 9.17) is 0 Å². The molecular formula is C20H12N2O6. The van der Waals surface area contributed by atoms with Crippen LogP contribution in [-0.4, -0.2) is 26.7 Å². The van der Waals surface area contributed by atoms with Gasteiger partial charge in [0.2, 0.25) is 0 Å². The Morgan fingerprint density at radius 3 is 2.21 bits per heavy atom. The quantitative estimate of drug-likeness (QED) is 0.368. The lowest BCUT2D eigenvalue weighted by Crippen LogP contribution is -2.21. The molecule has 3 aromatic rings. The van der Waals surface area contributed by atoms with Crippen LogP contribution in [0.3, 0.4) is 0 Å². The Balaban J connectivity index is 1.92. The number of para-hydroxylation sites is 1. The Hall–Kier alpha value is -4.20. The van der Waals surface area contributed by atoms with Crippen LogP contribution in [0.1, 0.15) is 31.8 Å². The van der Waals surface area contributed by atoms with Crippen molar-refractivity contribution < 1.29 is 24.7 Å². The maximum atomic E-state index is 12.9. The average molecular weight is 376 g/mol. The van der Waals surface area contributed by atoms with Gasteiger partial charge >= 0.3 is 0 Å². The van der Waals surface area contributed by atoms with Gasteiger partial charge in [0.05, 0.1) is 10.5 Å². The lowest BCUT2D eigenvalue weighted by Gasteiger charge is -2.19. The second-order valence-corrected chi connectivity index (χ2v) is 6.21. The molecule has 3 N–H and O–H groups in total. The SMILES string of the molecule is O=C1c2cc(Nc3ccccc3)c([N+](=O)[O-])cc2C(=O)c2c(O)cc(O)cc21. The van der Waals surface area contributed by atoms with Crippen molar-refractivity contribution >= 4 is 28.6 Å². The zero-order valence-electron chi connectivity index (χ0n) is 14.2. The van der Waals surface area contributed by atoms with Gasteiger partial charge < -0.3 is 15.5 Å². The van der Waals surface area contributed by atoms with Gasteiger partial charge in [-0.2, -0.15) is 0 Å². The molecule has 0 spiro atoms. The Kier molecular flexibility index (Phi) is 3.82. The molecule has 0 radical (unpaired) electrons. The molecule has 4 rings (SSSR count). The van der Waals surface area contributed by atoms with Crippen molar-refractivity contribution in [2.75, 3.05) is 5.32 Å². The minimum atomic E-state index is -0.725. The summed E-state index contributed by atoms with van der Waals surface area (Å²) in [5.74, 6) is -2.28. The molecule has 3 aromatic carbocycles. The van der Waals surface area contributed by atoms with Crippen molar-refractivity contribution in [1.29, 1.82) is 0 Å². The van der Waals surface area contributed by atoms with Crippen LogP contribution >= 0.6 is 0 Å². The van der Waals surface area contributed by atoms with Gasteiger partial charge in [-0.15, -0.1) is 0 Å². The zero-order valence-corrected chi connectivity index (χ0v) is 14.2. The fourth-order valence-corrected chi connectivity index (χ4v) is 3.20. The number of carbonyl (C=O) groups is 2. The van der Waals surface area contributed by atoms with Gasteiger partial charge in [-0.1, -0.05) is 18.2 Å². The van der Waals surface area contributed by atoms with Crippen molar-refractivity contribution in [2.45, 2.75) is 0 Å². The third-order valence-corrected chi connectivity index (χ3v) is 4.45. The number of nitrogens with one attached hydrogen (secondary N) is 1. The van der Waals surface area contributed by atoms with E-state index < -0.39 is 22.2 Å². The van der Waals surface area contributed by atoms with E-state index in [0.717, 1.165) is 18.2 Å². The van der Waals surface area contributed by atoms with Crippen molar-refractivity contribution in [3.8, 4) is 11.5 Å². The van der Waals surface area contributed by atoms with Crippen LogP contribution in [-0.2, 0) is 0 Å². The summed E-state index contributed by atoms with van der Waals surface area (Å²) in [6, 6.07) is 12.9. The smallest absolute Gasteiger partial charge is 0.293 e. The number of ketones is 2. The number of hydrogen-bond acceptors (Lipinski definition) is 7. The lowest BCUT2D eigenvalue weighted by molar-refractivity contribution is -0.383. The molecule has 0 heterocycles. The maximum absolute atomic E-state index is 12.9. The number of benzene rings is 3. The summed E-state index contributed by atoms with van der Waals surface area (Å²) in [6.07, 6.45) is 0. The number of anilines is 2. The number of nitrogens with zero attached hydrogens (tertiary/aromatic N) is 1. The third-order valence-electron chi connectivity index (χ3n) is 4.45. The van der Waals surface area contributed by atoms with Crippen LogP contribution in [0.4, 0.5) is 17.1 Å². The van der Waals surface area contributed by atoms with Crippen LogP contribution in [0.2, 0.25) is 0 Å². The highest BCUT2D eigenvalue weighted by Crippen LogP contribution is 2.39. The van der Waals surface area contributed by atoms with E-state index in [1.165, 1.54) is 6.07 Å². The lowest BCUT2D eigenvalue weighted by atomic mass is 9.83. The largest absolute Gasteiger partial charge is 0.508 e. The van der Waals surface area contributed by atoms with Gasteiger partial charge in [0, 0.05) is 34.5 Å². The van der Waals surface area contributed by atoms with E-state index in [0.29, 0.717) is 5.69 Å². The summed E-state index contributed by atoms with van der Waals surface area (Å²) in [6.45, 7) is 0. The summed E-state index contributed by atoms with van der Waals surface area (Å²) >= 11 is 0. The fraction of sp³-hybridized carbons (Fsp3) is 0. The molecule has 0 fully saturated rings. The minimum absolute atomic E-state index is 0.0453. The number of phenols is 2. The zero-order chi connectivity index (χ0) is 20.0. The van der Waals surface area contributed by atoms with Crippen LogP contribution < -0.4 is 5.32 Å².